The number of primary sulfonamides is 1. The van der Waals surface area contributed by atoms with Crippen LogP contribution >= 0.6 is 15.9 Å². The molecule has 0 aliphatic rings. The second-order valence-corrected chi connectivity index (χ2v) is 7.68. The molecule has 9 heteroatoms. The molecule has 0 aliphatic heterocycles. The van der Waals surface area contributed by atoms with Crippen LogP contribution in [0.1, 0.15) is 5.56 Å². The fourth-order valence-corrected chi connectivity index (χ4v) is 2.95. The van der Waals surface area contributed by atoms with Gasteiger partial charge in [0.05, 0.1) is 4.90 Å². The number of carbonyl (C=O) groups is 1. The third kappa shape index (κ3) is 5.70. The lowest BCUT2D eigenvalue weighted by Gasteiger charge is -2.06. The largest absolute Gasteiger partial charge is 0.386 e. The summed E-state index contributed by atoms with van der Waals surface area (Å²) in [5.41, 5.74) is 1.21. The third-order valence-corrected chi connectivity index (χ3v) is 4.67. The van der Waals surface area contributed by atoms with E-state index < -0.39 is 15.9 Å². The average Bonchev–Trinajstić information content (AvgIpc) is 2.58. The van der Waals surface area contributed by atoms with E-state index in [1.165, 1.54) is 30.5 Å². The van der Waals surface area contributed by atoms with Gasteiger partial charge in [0.1, 0.15) is 11.6 Å². The summed E-state index contributed by atoms with van der Waals surface area (Å²) in [6.45, 7) is 0.445. The Morgan fingerprint density at radius 1 is 1.23 bits per heavy atom. The van der Waals surface area contributed by atoms with Gasteiger partial charge in [0, 0.05) is 22.9 Å². The van der Waals surface area contributed by atoms with Crippen molar-refractivity contribution in [2.45, 2.75) is 11.4 Å². The van der Waals surface area contributed by atoms with E-state index in [4.69, 9.17) is 10.4 Å². The van der Waals surface area contributed by atoms with Crippen LogP contribution in [0.2, 0.25) is 0 Å². The van der Waals surface area contributed by atoms with Gasteiger partial charge >= 0.3 is 0 Å². The van der Waals surface area contributed by atoms with Crippen LogP contribution in [0.3, 0.4) is 0 Å². The number of benzene rings is 2. The number of nitrogens with one attached hydrogen (secondary N) is 2. The quantitative estimate of drug-likeness (QED) is 0.474. The van der Waals surface area contributed by atoms with Crippen LogP contribution in [-0.4, -0.2) is 14.3 Å². The Morgan fingerprint density at radius 2 is 1.92 bits per heavy atom. The number of sulfonamides is 1. The highest BCUT2D eigenvalue weighted by Crippen LogP contribution is 2.14. The highest BCUT2D eigenvalue weighted by Gasteiger charge is 2.11. The standard InChI is InChI=1S/C17H15BrN4O3S/c18-14-3-1-2-12(8-14)10-21-11-13(9-19)17(23)22-15-4-6-16(7-5-15)26(20,24)25/h1-8,11,21H,10H2,(H,22,23)(H2,20,24,25)/b13-11-. The van der Waals surface area contributed by atoms with E-state index in [1.807, 2.05) is 30.3 Å². The number of hydrogen-bond acceptors (Lipinski definition) is 5. The summed E-state index contributed by atoms with van der Waals surface area (Å²) in [5, 5.41) is 19.6. The Bertz CT molecular complexity index is 980. The van der Waals surface area contributed by atoms with Gasteiger partial charge in [-0.1, -0.05) is 28.1 Å². The lowest BCUT2D eigenvalue weighted by atomic mass is 10.2. The van der Waals surface area contributed by atoms with Crippen molar-refractivity contribution in [2.75, 3.05) is 5.32 Å². The Balaban J connectivity index is 2.00. The van der Waals surface area contributed by atoms with Crippen molar-refractivity contribution in [1.29, 1.82) is 5.26 Å². The molecule has 2 aromatic rings. The van der Waals surface area contributed by atoms with Gasteiger partial charge in [-0.25, -0.2) is 13.6 Å². The summed E-state index contributed by atoms with van der Waals surface area (Å²) in [7, 11) is -3.80. The van der Waals surface area contributed by atoms with Gasteiger partial charge in [-0.3, -0.25) is 4.79 Å². The highest BCUT2D eigenvalue weighted by molar-refractivity contribution is 9.10. The molecule has 0 fully saturated rings. The first-order valence-electron chi connectivity index (χ1n) is 7.32. The highest BCUT2D eigenvalue weighted by atomic mass is 79.9. The molecule has 1 amide bonds. The second kappa shape index (κ2) is 8.62. The molecule has 0 heterocycles. The topological polar surface area (TPSA) is 125 Å². The predicted molar refractivity (Wildman–Crippen MR) is 101 cm³/mol. The SMILES string of the molecule is N#C/C(=C/NCc1cccc(Br)c1)C(=O)Nc1ccc(S(N)(=O)=O)cc1. The molecule has 0 atom stereocenters. The number of nitriles is 1. The molecule has 0 saturated heterocycles. The molecule has 0 radical (unpaired) electrons. The first kappa shape index (κ1) is 19.7. The summed E-state index contributed by atoms with van der Waals surface area (Å²) >= 11 is 3.37. The summed E-state index contributed by atoms with van der Waals surface area (Å²) < 4.78 is 23.3. The van der Waals surface area contributed by atoms with Crippen LogP contribution in [0.25, 0.3) is 0 Å². The first-order valence-corrected chi connectivity index (χ1v) is 9.66. The first-order chi connectivity index (χ1) is 12.3. The molecule has 0 aliphatic carbocycles. The van der Waals surface area contributed by atoms with Crippen LogP contribution in [0.15, 0.2) is 69.7 Å². The van der Waals surface area contributed by atoms with Crippen LogP contribution in [-0.2, 0) is 21.4 Å². The maximum atomic E-state index is 12.1. The zero-order valence-electron chi connectivity index (χ0n) is 13.4. The van der Waals surface area contributed by atoms with Gasteiger partial charge in [-0.05, 0) is 42.0 Å². The Morgan fingerprint density at radius 3 is 2.50 bits per heavy atom. The minimum Gasteiger partial charge on any atom is -0.386 e. The van der Waals surface area contributed by atoms with Gasteiger partial charge in [0.25, 0.3) is 5.91 Å². The zero-order valence-corrected chi connectivity index (χ0v) is 15.8. The van der Waals surface area contributed by atoms with Crippen molar-refractivity contribution in [3.05, 3.63) is 70.3 Å². The van der Waals surface area contributed by atoms with E-state index in [0.29, 0.717) is 12.2 Å². The number of rotatable bonds is 6. The molecule has 0 unspecified atom stereocenters. The van der Waals surface area contributed by atoms with Crippen LogP contribution < -0.4 is 15.8 Å². The van der Waals surface area contributed by atoms with Crippen molar-refractivity contribution < 1.29 is 13.2 Å². The van der Waals surface area contributed by atoms with E-state index in [9.17, 15) is 13.2 Å². The molecule has 4 N–H and O–H groups in total. The molecule has 2 aromatic carbocycles. The molecule has 134 valence electrons. The van der Waals surface area contributed by atoms with Crippen molar-refractivity contribution >= 4 is 37.5 Å². The van der Waals surface area contributed by atoms with Crippen LogP contribution in [0.5, 0.6) is 0 Å². The van der Waals surface area contributed by atoms with E-state index in [-0.39, 0.29) is 10.5 Å². The van der Waals surface area contributed by atoms with Crippen molar-refractivity contribution in [3.63, 3.8) is 0 Å². The summed E-state index contributed by atoms with van der Waals surface area (Å²) in [4.78, 5) is 12.1. The Hall–Kier alpha value is -2.67. The third-order valence-electron chi connectivity index (χ3n) is 3.25. The van der Waals surface area contributed by atoms with Gasteiger partial charge < -0.3 is 10.6 Å². The fraction of sp³-hybridized carbons (Fsp3) is 0.0588. The molecule has 0 saturated carbocycles. The number of halogens is 1. The fourth-order valence-electron chi connectivity index (χ4n) is 1.99. The van der Waals surface area contributed by atoms with Gasteiger partial charge in [0.15, 0.2) is 0 Å². The maximum Gasteiger partial charge on any atom is 0.267 e. The molecule has 2 rings (SSSR count). The Kier molecular flexibility index (Phi) is 6.52. The predicted octanol–water partition coefficient (Wildman–Crippen LogP) is 2.23. The molecule has 7 nitrogen and oxygen atoms in total. The van der Waals surface area contributed by atoms with E-state index in [0.717, 1.165) is 10.0 Å². The number of nitrogens with two attached hydrogens (primary N) is 1. The number of hydrogen-bond donors (Lipinski definition) is 3. The maximum absolute atomic E-state index is 12.1. The summed E-state index contributed by atoms with van der Waals surface area (Å²) in [6.07, 6.45) is 1.33. The van der Waals surface area contributed by atoms with Gasteiger partial charge in [-0.2, -0.15) is 5.26 Å². The van der Waals surface area contributed by atoms with E-state index in [2.05, 4.69) is 26.6 Å². The smallest absolute Gasteiger partial charge is 0.267 e. The van der Waals surface area contributed by atoms with Gasteiger partial charge in [0.2, 0.25) is 10.0 Å². The average molecular weight is 435 g/mol. The minimum atomic E-state index is -3.80. The Labute approximate surface area is 159 Å². The number of nitrogens with zero attached hydrogens (tertiary/aromatic N) is 1. The van der Waals surface area contributed by atoms with Crippen molar-refractivity contribution in [2.24, 2.45) is 5.14 Å². The number of anilines is 1. The molecule has 0 bridgehead atoms. The van der Waals surface area contributed by atoms with E-state index >= 15 is 0 Å². The summed E-state index contributed by atoms with van der Waals surface area (Å²) in [6, 6.07) is 14.7. The monoisotopic (exact) mass is 434 g/mol. The summed E-state index contributed by atoms with van der Waals surface area (Å²) in [5.74, 6) is -0.613. The normalized spacial score (nSPS) is 11.5. The molecule has 26 heavy (non-hydrogen) atoms. The van der Waals surface area contributed by atoms with Crippen molar-refractivity contribution in [3.8, 4) is 6.07 Å². The number of amides is 1. The van der Waals surface area contributed by atoms with Crippen LogP contribution in [0, 0.1) is 11.3 Å². The molecule has 0 aromatic heterocycles. The van der Waals surface area contributed by atoms with Crippen LogP contribution in [0.4, 0.5) is 5.69 Å². The van der Waals surface area contributed by atoms with Crippen molar-refractivity contribution in [1.82, 2.24) is 5.32 Å². The molecule has 0 spiro atoms. The molecular weight excluding hydrogens is 420 g/mol. The molecular formula is C17H15BrN4O3S. The van der Waals surface area contributed by atoms with Gasteiger partial charge in [-0.15, -0.1) is 0 Å². The lowest BCUT2D eigenvalue weighted by molar-refractivity contribution is -0.112. The lowest BCUT2D eigenvalue weighted by Crippen LogP contribution is -2.17. The zero-order chi connectivity index (χ0) is 19.2. The second-order valence-electron chi connectivity index (χ2n) is 5.20. The number of carbonyl (C=O) groups excluding carboxylic acids is 1. The van der Waals surface area contributed by atoms with E-state index in [1.54, 1.807) is 0 Å². The minimum absolute atomic E-state index is 0.0674.